The molecule has 1 amide bonds. The van der Waals surface area contributed by atoms with Crippen molar-refractivity contribution < 1.29 is 4.79 Å². The zero-order valence-electron chi connectivity index (χ0n) is 14.1. The largest absolute Gasteiger partial charge is 0.378 e. The number of amides is 1. The van der Waals surface area contributed by atoms with Crippen LogP contribution < -0.4 is 10.6 Å². The van der Waals surface area contributed by atoms with Gasteiger partial charge in [-0.15, -0.1) is 0 Å². The molecule has 2 heterocycles. The topological polar surface area (TPSA) is 66.9 Å². The van der Waals surface area contributed by atoms with Crippen molar-refractivity contribution >= 4 is 17.3 Å². The lowest BCUT2D eigenvalue weighted by Crippen LogP contribution is -2.13. The summed E-state index contributed by atoms with van der Waals surface area (Å²) in [6, 6.07) is 15.4. The Bertz CT molecular complexity index is 832. The van der Waals surface area contributed by atoms with Gasteiger partial charge in [0, 0.05) is 24.3 Å². The molecule has 0 radical (unpaired) electrons. The molecular formula is C20H20N4O. The standard InChI is InChI=1S/C20H20N4O/c1-2-15-6-8-17(9-7-15)24-20(25)16-11-19(13-21-12-16)23-14-18-5-3-4-10-22-18/h3-13,23H,2,14H2,1H3,(H,24,25). The van der Waals surface area contributed by atoms with Crippen LogP contribution in [-0.2, 0) is 13.0 Å². The van der Waals surface area contributed by atoms with Gasteiger partial charge in [0.25, 0.3) is 5.91 Å². The SMILES string of the molecule is CCc1ccc(NC(=O)c2cncc(NCc3ccccn3)c2)cc1. The number of carbonyl (C=O) groups is 1. The quantitative estimate of drug-likeness (QED) is 0.718. The van der Waals surface area contributed by atoms with Crippen LogP contribution in [0.15, 0.2) is 67.1 Å². The summed E-state index contributed by atoms with van der Waals surface area (Å²) in [5.41, 5.74) is 4.22. The van der Waals surface area contributed by atoms with Crippen molar-refractivity contribution in [2.24, 2.45) is 0 Å². The summed E-state index contributed by atoms with van der Waals surface area (Å²) >= 11 is 0. The van der Waals surface area contributed by atoms with Crippen molar-refractivity contribution in [3.05, 3.63) is 83.9 Å². The van der Waals surface area contributed by atoms with E-state index in [4.69, 9.17) is 0 Å². The summed E-state index contributed by atoms with van der Waals surface area (Å²) in [7, 11) is 0. The molecule has 5 heteroatoms. The maximum absolute atomic E-state index is 12.4. The van der Waals surface area contributed by atoms with Gasteiger partial charge in [-0.1, -0.05) is 25.1 Å². The molecule has 5 nitrogen and oxygen atoms in total. The first kappa shape index (κ1) is 16.6. The van der Waals surface area contributed by atoms with Gasteiger partial charge in [-0.25, -0.2) is 0 Å². The summed E-state index contributed by atoms with van der Waals surface area (Å²) in [4.78, 5) is 20.8. The van der Waals surface area contributed by atoms with E-state index >= 15 is 0 Å². The average molecular weight is 332 g/mol. The Balaban J connectivity index is 1.64. The van der Waals surface area contributed by atoms with Gasteiger partial charge in [-0.2, -0.15) is 0 Å². The molecule has 0 aliphatic heterocycles. The molecule has 25 heavy (non-hydrogen) atoms. The summed E-state index contributed by atoms with van der Waals surface area (Å²) in [6.07, 6.45) is 5.97. The number of nitrogens with zero attached hydrogens (tertiary/aromatic N) is 2. The van der Waals surface area contributed by atoms with Crippen LogP contribution in [0.2, 0.25) is 0 Å². The molecule has 0 atom stereocenters. The number of anilines is 2. The molecule has 0 fully saturated rings. The Hall–Kier alpha value is -3.21. The predicted octanol–water partition coefficient (Wildman–Crippen LogP) is 3.90. The zero-order valence-corrected chi connectivity index (χ0v) is 14.1. The van der Waals surface area contributed by atoms with Crippen LogP contribution in [0, 0.1) is 0 Å². The number of benzene rings is 1. The number of hydrogen-bond acceptors (Lipinski definition) is 4. The molecule has 0 bridgehead atoms. The Labute approximate surface area is 147 Å². The molecule has 3 aromatic rings. The van der Waals surface area contributed by atoms with Crippen LogP contribution in [0.5, 0.6) is 0 Å². The molecule has 1 aromatic carbocycles. The summed E-state index contributed by atoms with van der Waals surface area (Å²) in [6.45, 7) is 2.68. The molecule has 0 spiro atoms. The highest BCUT2D eigenvalue weighted by Crippen LogP contribution is 2.14. The number of rotatable bonds is 6. The van der Waals surface area contributed by atoms with Crippen molar-refractivity contribution in [2.75, 3.05) is 10.6 Å². The van der Waals surface area contributed by atoms with Crippen LogP contribution in [0.4, 0.5) is 11.4 Å². The fraction of sp³-hybridized carbons (Fsp3) is 0.150. The minimum Gasteiger partial charge on any atom is -0.378 e. The van der Waals surface area contributed by atoms with Gasteiger partial charge in [0.15, 0.2) is 0 Å². The fourth-order valence-electron chi connectivity index (χ4n) is 2.38. The van der Waals surface area contributed by atoms with Crippen molar-refractivity contribution in [3.63, 3.8) is 0 Å². The number of hydrogen-bond donors (Lipinski definition) is 2. The van der Waals surface area contributed by atoms with E-state index in [-0.39, 0.29) is 5.91 Å². The second kappa shape index (κ2) is 8.06. The summed E-state index contributed by atoms with van der Waals surface area (Å²) < 4.78 is 0. The maximum Gasteiger partial charge on any atom is 0.257 e. The number of nitrogens with one attached hydrogen (secondary N) is 2. The zero-order chi connectivity index (χ0) is 17.5. The van der Waals surface area contributed by atoms with Gasteiger partial charge in [0.05, 0.1) is 23.5 Å². The van der Waals surface area contributed by atoms with Crippen molar-refractivity contribution in [1.29, 1.82) is 0 Å². The third-order valence-electron chi connectivity index (χ3n) is 3.82. The van der Waals surface area contributed by atoms with Gasteiger partial charge in [0.2, 0.25) is 0 Å². The highest BCUT2D eigenvalue weighted by Gasteiger charge is 2.08. The molecule has 3 rings (SSSR count). The lowest BCUT2D eigenvalue weighted by atomic mass is 10.1. The summed E-state index contributed by atoms with van der Waals surface area (Å²) in [5, 5.41) is 6.12. The molecule has 2 N–H and O–H groups in total. The van der Waals surface area contributed by atoms with Crippen molar-refractivity contribution in [1.82, 2.24) is 9.97 Å². The van der Waals surface area contributed by atoms with E-state index in [9.17, 15) is 4.79 Å². The lowest BCUT2D eigenvalue weighted by Gasteiger charge is -2.09. The van der Waals surface area contributed by atoms with Crippen LogP contribution in [0.3, 0.4) is 0 Å². The lowest BCUT2D eigenvalue weighted by molar-refractivity contribution is 0.102. The monoisotopic (exact) mass is 332 g/mol. The highest BCUT2D eigenvalue weighted by molar-refractivity contribution is 6.04. The minimum absolute atomic E-state index is 0.182. The van der Waals surface area contributed by atoms with E-state index in [1.807, 2.05) is 42.5 Å². The van der Waals surface area contributed by atoms with Gasteiger partial charge >= 0.3 is 0 Å². The minimum atomic E-state index is -0.182. The van der Waals surface area contributed by atoms with E-state index in [1.54, 1.807) is 24.7 Å². The third kappa shape index (κ3) is 4.64. The fourth-order valence-corrected chi connectivity index (χ4v) is 2.38. The van der Waals surface area contributed by atoms with E-state index in [0.29, 0.717) is 12.1 Å². The van der Waals surface area contributed by atoms with E-state index < -0.39 is 0 Å². The molecule has 0 saturated carbocycles. The summed E-state index contributed by atoms with van der Waals surface area (Å²) in [5.74, 6) is -0.182. The van der Waals surface area contributed by atoms with Crippen LogP contribution in [0.25, 0.3) is 0 Å². The first-order valence-corrected chi connectivity index (χ1v) is 8.23. The molecule has 0 saturated heterocycles. The molecule has 0 aliphatic rings. The van der Waals surface area contributed by atoms with Gasteiger partial charge < -0.3 is 10.6 Å². The predicted molar refractivity (Wildman–Crippen MR) is 99.6 cm³/mol. The molecule has 0 aliphatic carbocycles. The third-order valence-corrected chi connectivity index (χ3v) is 3.82. The van der Waals surface area contributed by atoms with Crippen molar-refractivity contribution in [2.45, 2.75) is 19.9 Å². The second-order valence-electron chi connectivity index (χ2n) is 5.64. The van der Waals surface area contributed by atoms with E-state index in [0.717, 1.165) is 23.5 Å². The van der Waals surface area contributed by atoms with Crippen LogP contribution in [0.1, 0.15) is 28.5 Å². The smallest absolute Gasteiger partial charge is 0.257 e. The van der Waals surface area contributed by atoms with Crippen LogP contribution in [-0.4, -0.2) is 15.9 Å². The van der Waals surface area contributed by atoms with Gasteiger partial charge in [-0.3, -0.25) is 14.8 Å². The number of carbonyl (C=O) groups excluding carboxylic acids is 1. The van der Waals surface area contributed by atoms with E-state index in [2.05, 4.69) is 27.5 Å². The first-order chi connectivity index (χ1) is 12.2. The Morgan fingerprint density at radius 2 is 1.88 bits per heavy atom. The van der Waals surface area contributed by atoms with Crippen LogP contribution >= 0.6 is 0 Å². The Morgan fingerprint density at radius 1 is 1.04 bits per heavy atom. The first-order valence-electron chi connectivity index (χ1n) is 8.23. The highest BCUT2D eigenvalue weighted by atomic mass is 16.1. The molecule has 2 aromatic heterocycles. The normalized spacial score (nSPS) is 10.3. The number of pyridine rings is 2. The maximum atomic E-state index is 12.4. The van der Waals surface area contributed by atoms with E-state index in [1.165, 1.54) is 5.56 Å². The van der Waals surface area contributed by atoms with Crippen molar-refractivity contribution in [3.8, 4) is 0 Å². The Morgan fingerprint density at radius 3 is 2.60 bits per heavy atom. The number of aromatic nitrogens is 2. The van der Waals surface area contributed by atoms with Gasteiger partial charge in [-0.05, 0) is 42.3 Å². The number of aryl methyl sites for hydroxylation is 1. The average Bonchev–Trinajstić information content (AvgIpc) is 2.68. The molecule has 0 unspecified atom stereocenters. The molecular weight excluding hydrogens is 312 g/mol. The Kier molecular flexibility index (Phi) is 5.36. The molecule has 126 valence electrons. The van der Waals surface area contributed by atoms with Gasteiger partial charge in [0.1, 0.15) is 0 Å². The second-order valence-corrected chi connectivity index (χ2v) is 5.64.